The van der Waals surface area contributed by atoms with Crippen molar-refractivity contribution in [2.24, 2.45) is 5.41 Å². The normalized spacial score (nSPS) is 15.8. The van der Waals surface area contributed by atoms with Crippen LogP contribution in [0.25, 0.3) is 0 Å². The summed E-state index contributed by atoms with van der Waals surface area (Å²) in [7, 11) is 0. The van der Waals surface area contributed by atoms with Crippen molar-refractivity contribution in [1.82, 2.24) is 4.98 Å². The maximum atomic E-state index is 11.8. The smallest absolute Gasteiger partial charge is 0.310 e. The molecule has 4 heteroatoms. The highest BCUT2D eigenvalue weighted by Crippen LogP contribution is 2.40. The van der Waals surface area contributed by atoms with Crippen molar-refractivity contribution in [3.8, 4) is 0 Å². The van der Waals surface area contributed by atoms with Crippen LogP contribution < -0.4 is 0 Å². The summed E-state index contributed by atoms with van der Waals surface area (Å²) in [4.78, 5) is 16.0. The van der Waals surface area contributed by atoms with Crippen molar-refractivity contribution in [1.29, 1.82) is 0 Å². The van der Waals surface area contributed by atoms with Gasteiger partial charge in [0.25, 0.3) is 0 Å². The predicted octanol–water partition coefficient (Wildman–Crippen LogP) is 3.26. The maximum Gasteiger partial charge on any atom is 0.310 e. The minimum Gasteiger partial charge on any atom is -0.481 e. The third-order valence-electron chi connectivity index (χ3n) is 3.93. The molecule has 0 aliphatic heterocycles. The second-order valence-electron chi connectivity index (χ2n) is 5.40. The van der Waals surface area contributed by atoms with Crippen molar-refractivity contribution in [3.63, 3.8) is 0 Å². The van der Waals surface area contributed by atoms with E-state index in [1.807, 2.05) is 30.3 Å². The Kier molecular flexibility index (Phi) is 3.34. The van der Waals surface area contributed by atoms with Crippen molar-refractivity contribution in [3.05, 3.63) is 63.9 Å². The van der Waals surface area contributed by atoms with Gasteiger partial charge in [0.05, 0.1) is 5.41 Å². The molecule has 1 heterocycles. The molecule has 1 aliphatic carbocycles. The van der Waals surface area contributed by atoms with E-state index in [1.54, 1.807) is 12.4 Å². The van der Waals surface area contributed by atoms with Gasteiger partial charge in [0.1, 0.15) is 0 Å². The fourth-order valence-corrected chi connectivity index (χ4v) is 3.40. The van der Waals surface area contributed by atoms with Crippen LogP contribution in [0.5, 0.6) is 0 Å². The standard InChI is InChI=1S/C16H14BrNO2/c17-14-5-11(9-18-10-14)6-16(15(19)20)7-12-3-1-2-4-13(12)8-16/h1-5,9-10H,6-8H2,(H,19,20). The van der Waals surface area contributed by atoms with Gasteiger partial charge in [-0.05, 0) is 57.9 Å². The highest BCUT2D eigenvalue weighted by Gasteiger charge is 2.43. The summed E-state index contributed by atoms with van der Waals surface area (Å²) < 4.78 is 0.881. The number of hydrogen-bond donors (Lipinski definition) is 1. The minimum absolute atomic E-state index is 0.503. The Morgan fingerprint density at radius 3 is 2.45 bits per heavy atom. The van der Waals surface area contributed by atoms with E-state index in [2.05, 4.69) is 20.9 Å². The molecule has 0 saturated carbocycles. The molecule has 0 saturated heterocycles. The lowest BCUT2D eigenvalue weighted by Crippen LogP contribution is -2.34. The van der Waals surface area contributed by atoms with E-state index in [1.165, 1.54) is 0 Å². The molecule has 0 atom stereocenters. The van der Waals surface area contributed by atoms with Gasteiger partial charge in [-0.25, -0.2) is 0 Å². The minimum atomic E-state index is -0.744. The molecule has 0 fully saturated rings. The summed E-state index contributed by atoms with van der Waals surface area (Å²) in [6, 6.07) is 9.94. The zero-order valence-electron chi connectivity index (χ0n) is 10.8. The number of pyridine rings is 1. The topological polar surface area (TPSA) is 50.2 Å². The van der Waals surface area contributed by atoms with E-state index < -0.39 is 11.4 Å². The van der Waals surface area contributed by atoms with E-state index >= 15 is 0 Å². The molecule has 1 aliphatic rings. The van der Waals surface area contributed by atoms with Gasteiger partial charge >= 0.3 is 5.97 Å². The molecule has 1 aromatic carbocycles. The van der Waals surface area contributed by atoms with Crippen molar-refractivity contribution >= 4 is 21.9 Å². The van der Waals surface area contributed by atoms with Gasteiger partial charge in [0.2, 0.25) is 0 Å². The molecule has 102 valence electrons. The predicted molar refractivity (Wildman–Crippen MR) is 79.6 cm³/mol. The number of carbonyl (C=O) groups is 1. The van der Waals surface area contributed by atoms with E-state index in [4.69, 9.17) is 0 Å². The van der Waals surface area contributed by atoms with Gasteiger partial charge in [0.15, 0.2) is 0 Å². The fourth-order valence-electron chi connectivity index (χ4n) is 2.99. The second-order valence-corrected chi connectivity index (χ2v) is 6.31. The number of halogens is 1. The molecule has 0 unspecified atom stereocenters. The first kappa shape index (κ1) is 13.3. The Balaban J connectivity index is 1.94. The van der Waals surface area contributed by atoms with Crippen LogP contribution in [-0.2, 0) is 24.1 Å². The lowest BCUT2D eigenvalue weighted by Gasteiger charge is -2.23. The van der Waals surface area contributed by atoms with Crippen molar-refractivity contribution < 1.29 is 9.90 Å². The molecule has 2 aromatic rings. The van der Waals surface area contributed by atoms with Gasteiger partial charge < -0.3 is 5.11 Å². The highest BCUT2D eigenvalue weighted by molar-refractivity contribution is 9.10. The first-order valence-electron chi connectivity index (χ1n) is 6.49. The molecule has 20 heavy (non-hydrogen) atoms. The zero-order valence-corrected chi connectivity index (χ0v) is 12.4. The molecular formula is C16H14BrNO2. The molecule has 1 N–H and O–H groups in total. The lowest BCUT2D eigenvalue weighted by molar-refractivity contribution is -0.148. The largest absolute Gasteiger partial charge is 0.481 e. The van der Waals surface area contributed by atoms with Gasteiger partial charge in [0, 0.05) is 16.9 Å². The number of aliphatic carboxylic acids is 1. The van der Waals surface area contributed by atoms with Crippen LogP contribution in [0.15, 0.2) is 47.2 Å². The van der Waals surface area contributed by atoms with Crippen LogP contribution in [0.4, 0.5) is 0 Å². The Hall–Kier alpha value is -1.68. The average Bonchev–Trinajstić information content (AvgIpc) is 2.78. The Morgan fingerprint density at radius 2 is 1.90 bits per heavy atom. The summed E-state index contributed by atoms with van der Waals surface area (Å²) in [6.45, 7) is 0. The van der Waals surface area contributed by atoms with Crippen LogP contribution in [-0.4, -0.2) is 16.1 Å². The summed E-state index contributed by atoms with van der Waals surface area (Å²) >= 11 is 3.38. The number of rotatable bonds is 3. The van der Waals surface area contributed by atoms with Gasteiger partial charge in [-0.15, -0.1) is 0 Å². The number of nitrogens with zero attached hydrogens (tertiary/aromatic N) is 1. The van der Waals surface area contributed by atoms with Crippen LogP contribution >= 0.6 is 15.9 Å². The van der Waals surface area contributed by atoms with E-state index in [9.17, 15) is 9.90 Å². The number of carboxylic acid groups (broad SMARTS) is 1. The zero-order chi connectivity index (χ0) is 14.2. The lowest BCUT2D eigenvalue weighted by atomic mass is 9.79. The summed E-state index contributed by atoms with van der Waals surface area (Å²) in [5.74, 6) is -0.728. The molecule has 1 aromatic heterocycles. The number of benzene rings is 1. The quantitative estimate of drug-likeness (QED) is 0.939. The molecule has 0 radical (unpaired) electrons. The number of aromatic nitrogens is 1. The van der Waals surface area contributed by atoms with E-state index in [0.717, 1.165) is 21.2 Å². The first-order chi connectivity index (χ1) is 9.59. The first-order valence-corrected chi connectivity index (χ1v) is 7.28. The third kappa shape index (κ3) is 2.36. The molecule has 3 nitrogen and oxygen atoms in total. The van der Waals surface area contributed by atoms with E-state index in [0.29, 0.717) is 19.3 Å². The van der Waals surface area contributed by atoms with Crippen LogP contribution in [0, 0.1) is 5.41 Å². The third-order valence-corrected chi connectivity index (χ3v) is 4.37. The SMILES string of the molecule is O=C(O)C1(Cc2cncc(Br)c2)Cc2ccccc2C1. The summed E-state index contributed by atoms with van der Waals surface area (Å²) in [5, 5.41) is 9.73. The number of fused-ring (bicyclic) bond motifs is 1. The summed E-state index contributed by atoms with van der Waals surface area (Å²) in [5.41, 5.74) is 2.51. The Bertz CT molecular complexity index is 644. The number of carboxylic acids is 1. The fraction of sp³-hybridized carbons (Fsp3) is 0.250. The Labute approximate surface area is 125 Å². The van der Waals surface area contributed by atoms with Crippen LogP contribution in [0.2, 0.25) is 0 Å². The molecular weight excluding hydrogens is 318 g/mol. The van der Waals surface area contributed by atoms with Crippen LogP contribution in [0.1, 0.15) is 16.7 Å². The monoisotopic (exact) mass is 331 g/mol. The van der Waals surface area contributed by atoms with Crippen molar-refractivity contribution in [2.45, 2.75) is 19.3 Å². The van der Waals surface area contributed by atoms with E-state index in [-0.39, 0.29) is 0 Å². The average molecular weight is 332 g/mol. The highest BCUT2D eigenvalue weighted by atomic mass is 79.9. The number of hydrogen-bond acceptors (Lipinski definition) is 2. The van der Waals surface area contributed by atoms with Crippen molar-refractivity contribution in [2.75, 3.05) is 0 Å². The molecule has 0 bridgehead atoms. The molecule has 3 rings (SSSR count). The van der Waals surface area contributed by atoms with Gasteiger partial charge in [-0.1, -0.05) is 24.3 Å². The van der Waals surface area contributed by atoms with Gasteiger partial charge in [-0.2, -0.15) is 0 Å². The maximum absolute atomic E-state index is 11.8. The van der Waals surface area contributed by atoms with Gasteiger partial charge in [-0.3, -0.25) is 9.78 Å². The Morgan fingerprint density at radius 1 is 1.25 bits per heavy atom. The van der Waals surface area contributed by atoms with Crippen LogP contribution in [0.3, 0.4) is 0 Å². The molecule has 0 amide bonds. The molecule has 0 spiro atoms. The second kappa shape index (κ2) is 5.02. The summed E-state index contributed by atoms with van der Waals surface area (Å²) in [6.07, 6.45) is 5.14.